The van der Waals surface area contributed by atoms with Gasteiger partial charge in [-0.2, -0.15) is 4.98 Å². The Kier molecular flexibility index (Phi) is 3.62. The molecular formula is C17H24N4O2. The summed E-state index contributed by atoms with van der Waals surface area (Å²) in [7, 11) is 1.55. The van der Waals surface area contributed by atoms with Crippen molar-refractivity contribution in [3.63, 3.8) is 0 Å². The lowest BCUT2D eigenvalue weighted by atomic mass is 9.49. The molecule has 4 saturated carbocycles. The van der Waals surface area contributed by atoms with Crippen LogP contribution in [0.25, 0.3) is 0 Å². The van der Waals surface area contributed by atoms with Crippen LogP contribution in [0, 0.1) is 23.2 Å². The zero-order valence-corrected chi connectivity index (χ0v) is 13.5. The molecule has 124 valence electrons. The Hall–Kier alpha value is -1.85. The highest BCUT2D eigenvalue weighted by Gasteiger charge is 2.51. The van der Waals surface area contributed by atoms with Gasteiger partial charge in [0, 0.05) is 18.7 Å². The molecule has 0 aromatic carbocycles. The van der Waals surface area contributed by atoms with E-state index in [1.54, 1.807) is 19.4 Å². The Morgan fingerprint density at radius 2 is 1.91 bits per heavy atom. The molecule has 1 heterocycles. The molecule has 1 aromatic heterocycles. The predicted octanol–water partition coefficient (Wildman–Crippen LogP) is 2.53. The van der Waals surface area contributed by atoms with E-state index < -0.39 is 0 Å². The van der Waals surface area contributed by atoms with Crippen molar-refractivity contribution < 1.29 is 9.53 Å². The van der Waals surface area contributed by atoms with Gasteiger partial charge in [-0.25, -0.2) is 4.98 Å². The van der Waals surface area contributed by atoms with Gasteiger partial charge >= 0.3 is 0 Å². The molecule has 5 rings (SSSR count). The zero-order valence-electron chi connectivity index (χ0n) is 13.5. The highest BCUT2D eigenvalue weighted by atomic mass is 16.5. The molecule has 0 aliphatic heterocycles. The van der Waals surface area contributed by atoms with Crippen LogP contribution >= 0.6 is 0 Å². The van der Waals surface area contributed by atoms with Gasteiger partial charge < -0.3 is 4.74 Å². The molecule has 0 unspecified atom stereocenters. The lowest BCUT2D eigenvalue weighted by Gasteiger charge is -2.56. The first-order chi connectivity index (χ1) is 11.1. The quantitative estimate of drug-likeness (QED) is 0.816. The molecule has 4 bridgehead atoms. The number of hydrogen-bond acceptors (Lipinski definition) is 5. The van der Waals surface area contributed by atoms with E-state index in [0.717, 1.165) is 17.8 Å². The summed E-state index contributed by atoms with van der Waals surface area (Å²) < 4.78 is 5.05. The lowest BCUT2D eigenvalue weighted by Crippen LogP contribution is -2.48. The van der Waals surface area contributed by atoms with Crippen molar-refractivity contribution in [2.45, 2.75) is 44.9 Å². The predicted molar refractivity (Wildman–Crippen MR) is 85.6 cm³/mol. The molecule has 0 spiro atoms. The molecule has 0 saturated heterocycles. The topological polar surface area (TPSA) is 76.1 Å². The number of hydrazine groups is 1. The third-order valence-corrected chi connectivity index (χ3v) is 5.85. The maximum Gasteiger partial charge on any atom is 0.245 e. The molecule has 0 radical (unpaired) electrons. The van der Waals surface area contributed by atoms with E-state index in [4.69, 9.17) is 4.74 Å². The number of ether oxygens (including phenoxy) is 1. The molecule has 1 amide bonds. The van der Waals surface area contributed by atoms with Gasteiger partial charge in [0.25, 0.3) is 0 Å². The fourth-order valence-electron chi connectivity index (χ4n) is 5.53. The maximum atomic E-state index is 12.4. The molecule has 6 nitrogen and oxygen atoms in total. The number of aromatic nitrogens is 2. The van der Waals surface area contributed by atoms with Crippen molar-refractivity contribution in [2.75, 3.05) is 12.5 Å². The zero-order chi connectivity index (χ0) is 15.9. The van der Waals surface area contributed by atoms with Crippen LogP contribution in [0.15, 0.2) is 12.3 Å². The van der Waals surface area contributed by atoms with Gasteiger partial charge in [0.2, 0.25) is 17.7 Å². The van der Waals surface area contributed by atoms with Crippen LogP contribution < -0.4 is 15.6 Å². The average Bonchev–Trinajstić information content (AvgIpc) is 2.51. The van der Waals surface area contributed by atoms with Gasteiger partial charge in [-0.05, 0) is 61.7 Å². The smallest absolute Gasteiger partial charge is 0.245 e. The third-order valence-electron chi connectivity index (χ3n) is 5.85. The van der Waals surface area contributed by atoms with E-state index in [1.807, 2.05) is 0 Å². The standard InChI is InChI=1S/C17H24N4O2/c1-23-15-2-3-18-16(19-15)21-20-14(22)10-17-7-11-4-12(8-17)6-13(5-11)9-17/h2-3,11-13H,4-10H2,1H3,(H,20,22)(H,18,19,21). The number of carbonyl (C=O) groups excluding carboxylic acids is 1. The minimum absolute atomic E-state index is 0.0402. The molecule has 0 atom stereocenters. The Labute approximate surface area is 136 Å². The van der Waals surface area contributed by atoms with Gasteiger partial charge in [-0.3, -0.25) is 15.6 Å². The van der Waals surface area contributed by atoms with Crippen LogP contribution in [0.5, 0.6) is 5.88 Å². The van der Waals surface area contributed by atoms with E-state index in [0.29, 0.717) is 18.2 Å². The first-order valence-electron chi connectivity index (χ1n) is 8.56. The van der Waals surface area contributed by atoms with E-state index >= 15 is 0 Å². The number of hydrogen-bond donors (Lipinski definition) is 2. The van der Waals surface area contributed by atoms with Crippen molar-refractivity contribution in [3.8, 4) is 5.88 Å². The molecule has 4 aliphatic carbocycles. The first-order valence-corrected chi connectivity index (χ1v) is 8.56. The highest BCUT2D eigenvalue weighted by Crippen LogP contribution is 2.61. The molecule has 6 heteroatoms. The third kappa shape index (κ3) is 2.99. The summed E-state index contributed by atoms with van der Waals surface area (Å²) in [5, 5.41) is 0. The van der Waals surface area contributed by atoms with Gasteiger partial charge in [0.15, 0.2) is 0 Å². The van der Waals surface area contributed by atoms with Gasteiger partial charge in [0.1, 0.15) is 0 Å². The summed E-state index contributed by atoms with van der Waals surface area (Å²) in [6, 6.07) is 1.67. The number of nitrogens with zero attached hydrogens (tertiary/aromatic N) is 2. The Morgan fingerprint density at radius 3 is 2.52 bits per heavy atom. The van der Waals surface area contributed by atoms with Crippen molar-refractivity contribution in [1.29, 1.82) is 0 Å². The fourth-order valence-corrected chi connectivity index (χ4v) is 5.53. The van der Waals surface area contributed by atoms with Crippen LogP contribution in [0.2, 0.25) is 0 Å². The lowest BCUT2D eigenvalue weighted by molar-refractivity contribution is -0.128. The number of anilines is 1. The minimum Gasteiger partial charge on any atom is -0.481 e. The minimum atomic E-state index is 0.0402. The van der Waals surface area contributed by atoms with Crippen molar-refractivity contribution >= 4 is 11.9 Å². The maximum absolute atomic E-state index is 12.4. The summed E-state index contributed by atoms with van der Waals surface area (Å²) in [5.74, 6) is 3.45. The largest absolute Gasteiger partial charge is 0.481 e. The van der Waals surface area contributed by atoms with Crippen molar-refractivity contribution in [3.05, 3.63) is 12.3 Å². The average molecular weight is 316 g/mol. The second-order valence-electron chi connectivity index (χ2n) is 7.69. The van der Waals surface area contributed by atoms with E-state index in [-0.39, 0.29) is 11.3 Å². The number of rotatable bonds is 5. The van der Waals surface area contributed by atoms with Crippen LogP contribution in [-0.4, -0.2) is 23.0 Å². The molecule has 4 aliphatic rings. The molecular weight excluding hydrogens is 292 g/mol. The monoisotopic (exact) mass is 316 g/mol. The van der Waals surface area contributed by atoms with Crippen molar-refractivity contribution in [2.24, 2.45) is 23.2 Å². The number of nitrogens with one attached hydrogen (secondary N) is 2. The molecule has 23 heavy (non-hydrogen) atoms. The van der Waals surface area contributed by atoms with Crippen LogP contribution in [0.3, 0.4) is 0 Å². The molecule has 1 aromatic rings. The Morgan fingerprint density at radius 1 is 1.26 bits per heavy atom. The Balaban J connectivity index is 1.35. The van der Waals surface area contributed by atoms with E-state index in [9.17, 15) is 4.79 Å². The van der Waals surface area contributed by atoms with Crippen LogP contribution in [-0.2, 0) is 4.79 Å². The van der Waals surface area contributed by atoms with Crippen LogP contribution in [0.1, 0.15) is 44.9 Å². The fraction of sp³-hybridized carbons (Fsp3) is 0.706. The first kappa shape index (κ1) is 14.7. The number of methoxy groups -OCH3 is 1. The SMILES string of the molecule is COc1ccnc(NNC(=O)CC23CC4CC(CC(C4)C2)C3)n1. The van der Waals surface area contributed by atoms with E-state index in [2.05, 4.69) is 20.8 Å². The second-order valence-corrected chi connectivity index (χ2v) is 7.69. The Bertz CT molecular complexity index is 569. The highest BCUT2D eigenvalue weighted by molar-refractivity contribution is 5.77. The summed E-state index contributed by atoms with van der Waals surface area (Å²) in [6.07, 6.45) is 10.1. The summed E-state index contributed by atoms with van der Waals surface area (Å²) in [4.78, 5) is 20.6. The van der Waals surface area contributed by atoms with Crippen molar-refractivity contribution in [1.82, 2.24) is 15.4 Å². The summed E-state index contributed by atoms with van der Waals surface area (Å²) in [5.41, 5.74) is 5.80. The summed E-state index contributed by atoms with van der Waals surface area (Å²) >= 11 is 0. The van der Waals surface area contributed by atoms with Gasteiger partial charge in [0.05, 0.1) is 7.11 Å². The van der Waals surface area contributed by atoms with Gasteiger partial charge in [-0.1, -0.05) is 0 Å². The van der Waals surface area contributed by atoms with Crippen LogP contribution in [0.4, 0.5) is 5.95 Å². The normalized spacial score (nSPS) is 34.2. The molecule has 4 fully saturated rings. The second kappa shape index (κ2) is 5.65. The number of amides is 1. The van der Waals surface area contributed by atoms with E-state index in [1.165, 1.54) is 38.5 Å². The molecule has 2 N–H and O–H groups in total. The van der Waals surface area contributed by atoms with Gasteiger partial charge in [-0.15, -0.1) is 0 Å². The number of carbonyl (C=O) groups is 1. The summed E-state index contributed by atoms with van der Waals surface area (Å²) in [6.45, 7) is 0.